The second-order valence-corrected chi connectivity index (χ2v) is 28.9. The van der Waals surface area contributed by atoms with E-state index in [4.69, 9.17) is 110 Å². The molecular formula is C51H84B5O24P3Se-4. The fourth-order valence-electron chi connectivity index (χ4n) is 8.89. The van der Waals surface area contributed by atoms with Gasteiger partial charge in [0.1, 0.15) is 41.9 Å². The van der Waals surface area contributed by atoms with Crippen LogP contribution < -0.4 is 24.0 Å². The van der Waals surface area contributed by atoms with Crippen LogP contribution in [0, 0.1) is 0 Å². The zero-order valence-corrected chi connectivity index (χ0v) is 54.8. The van der Waals surface area contributed by atoms with Crippen molar-refractivity contribution in [2.24, 2.45) is 0 Å². The second kappa shape index (κ2) is 36.0. The largest absolute Gasteiger partial charge is 0.790 e. The number of hydrogen-bond donors (Lipinski definition) is 1. The fourth-order valence-corrected chi connectivity index (χ4v) is 14.0. The van der Waals surface area contributed by atoms with Crippen LogP contribution >= 0.6 is 23.5 Å². The molecule has 5 fully saturated rings. The Morgan fingerprint density at radius 2 is 0.940 bits per heavy atom. The van der Waals surface area contributed by atoms with Gasteiger partial charge in [-0.25, -0.2) is 0 Å². The van der Waals surface area contributed by atoms with E-state index >= 15 is 0 Å². The van der Waals surface area contributed by atoms with E-state index in [1.807, 2.05) is 85.7 Å². The Morgan fingerprint density at radius 3 is 1.32 bits per heavy atom. The van der Waals surface area contributed by atoms with Crippen molar-refractivity contribution in [3.63, 3.8) is 0 Å². The van der Waals surface area contributed by atoms with Gasteiger partial charge in [-0.15, -0.1) is 0 Å². The summed E-state index contributed by atoms with van der Waals surface area (Å²) in [6.45, 7) is 22.3. The van der Waals surface area contributed by atoms with Crippen LogP contribution in [0.5, 0.6) is 0 Å². The van der Waals surface area contributed by atoms with Gasteiger partial charge in [0.2, 0.25) is 0 Å². The number of rotatable bonds is 28. The number of hydrogen-bond acceptors (Lipinski definition) is 24. The zero-order valence-electron chi connectivity index (χ0n) is 50.4. The Bertz CT molecular complexity index is 2210. The molecule has 0 aromatic heterocycles. The molecule has 2 unspecified atom stereocenters. The molecule has 17 atom stereocenters. The van der Waals surface area contributed by atoms with E-state index < -0.39 is 106 Å². The van der Waals surface area contributed by atoms with E-state index in [2.05, 4.69) is 4.52 Å². The molecule has 33 heteroatoms. The van der Waals surface area contributed by atoms with Gasteiger partial charge in [-0.3, -0.25) is 9.36 Å². The van der Waals surface area contributed by atoms with Crippen LogP contribution in [-0.2, 0) is 88.5 Å². The van der Waals surface area contributed by atoms with E-state index in [1.165, 1.54) is 6.92 Å². The van der Waals surface area contributed by atoms with Gasteiger partial charge in [0, 0.05) is 24.1 Å². The number of ether oxygens (including phenoxy) is 10. The summed E-state index contributed by atoms with van der Waals surface area (Å²) in [5, 5.41) is 8.06. The number of aliphatic hydroxyl groups excluding tert-OH is 1. The number of ketones is 1. The maximum Gasteiger partial charge on any atom is 0.109 e. The molecule has 0 spiro atoms. The third kappa shape index (κ3) is 28.4. The molecule has 5 heterocycles. The maximum absolute atomic E-state index is 12.9. The minimum Gasteiger partial charge on any atom is -0.790 e. The predicted molar refractivity (Wildman–Crippen MR) is 306 cm³/mol. The summed E-state index contributed by atoms with van der Waals surface area (Å²) >= 11 is -0.348. The van der Waals surface area contributed by atoms with E-state index in [1.54, 1.807) is 27.7 Å². The average Bonchev–Trinajstić information content (AvgIpc) is 2.44. The summed E-state index contributed by atoms with van der Waals surface area (Å²) < 4.78 is 117. The summed E-state index contributed by atoms with van der Waals surface area (Å²) in [5.74, 6) is -0.448. The Morgan fingerprint density at radius 1 is 0.571 bits per heavy atom. The molecule has 0 bridgehead atoms. The van der Waals surface area contributed by atoms with E-state index in [9.17, 15) is 38.1 Å². The van der Waals surface area contributed by atoms with Crippen LogP contribution in [0.4, 0.5) is 0 Å². The molecule has 1 aromatic rings. The van der Waals surface area contributed by atoms with Gasteiger partial charge >= 0.3 is 211 Å². The third-order valence-corrected chi connectivity index (χ3v) is 17.4. The number of Topliss-reactive ketones (excluding diaryl/α,β-unsaturated/α-hetero) is 1. The van der Waals surface area contributed by atoms with Crippen molar-refractivity contribution in [3.05, 3.63) is 30.3 Å². The summed E-state index contributed by atoms with van der Waals surface area (Å²) in [6.07, 6.45) is -4.19. The molecule has 84 heavy (non-hydrogen) atoms. The first kappa shape index (κ1) is 77.9. The number of carbonyl (C=O) groups excluding carboxylic acids is 1. The van der Waals surface area contributed by atoms with Crippen molar-refractivity contribution in [3.8, 4) is 0 Å². The molecule has 472 valence electrons. The Labute approximate surface area is 509 Å². The molecule has 0 amide bonds. The Hall–Kier alpha value is -0.376. The smallest absolute Gasteiger partial charge is 0.109 e. The molecule has 10 radical (unpaired) electrons. The second-order valence-electron chi connectivity index (χ2n) is 22.2. The standard InChI is InChI=1S/C22H33B2O8PSe.C18H31B2O9P.C8H16BO6P.C3H8O/c1-14(2)27-13-22(34-16-8-6-5-7-9-16)19(11-21(24)31-22)32-33(25,26)28-12-18-17(29-15(3)4)10-20(23)30-18;1-10(2)24-9-18(12(5)21)15(7-17(20)28-18)29-30(22,23)25-8-14-13(26-11(3)4)6-16(19)27-14;1-5(2)14-6-3-8(9)15-7(6)4-13-16(10,11)12;1-3(2)4/h5-9,14-15,17-21H,10-13H2,1-4H3,(H,25,26);10-11,13-17H,6-9H2,1-5H3,(H,22,23);5-8H,3-4H2,1-2H3,(H2,10,11,12);3-4H,1-2H3/p-4/t17-,18-,19-,20-,21-,22+;13-,14-,15-,16-,17-,18+;6-,7-,8-;/m111./s1. The van der Waals surface area contributed by atoms with Gasteiger partial charge in [0.05, 0.1) is 58.2 Å². The quantitative estimate of drug-likeness (QED) is 0.0900. The monoisotopic (exact) mass is 1310 g/mol. The third-order valence-electron chi connectivity index (χ3n) is 12.2. The first-order chi connectivity index (χ1) is 38.8. The van der Waals surface area contributed by atoms with Crippen LogP contribution in [0.25, 0.3) is 0 Å². The number of phosphoric acid groups is 3. The first-order valence-corrected chi connectivity index (χ1v) is 34.1. The SMILES string of the molecule is CC(C)O.[B][C@H]1C[C@@H](OC(C)C)[C@@H](COP(=O)([O-])O[C@@H]2C[C@H]([B])O[C@@]2(COC(C)C)C(C)=O)O1.[B][C@H]1C[C@@H](OC(C)C)[C@@H](COP(=O)([O-])O[C@@H]2C[C@H]([B])O[C@@]2(COC(C)C)[Se]c2ccccc2)O1.[B][C@H]1C[C@@H](OC(C)C)[C@@H](COP(=O)([O-])[O-])O1. The number of benzene rings is 1. The maximum atomic E-state index is 12.9. The van der Waals surface area contributed by atoms with Crippen molar-refractivity contribution in [1.29, 1.82) is 0 Å². The summed E-state index contributed by atoms with van der Waals surface area (Å²) in [7, 11) is 14.6. The predicted octanol–water partition coefficient (Wildman–Crippen LogP) is 0.897. The van der Waals surface area contributed by atoms with Crippen LogP contribution in [0.1, 0.15) is 122 Å². The topological polar surface area (TPSA) is 319 Å². The molecule has 6 rings (SSSR count). The fraction of sp³-hybridized carbons (Fsp3) is 0.863. The van der Waals surface area contributed by atoms with Crippen molar-refractivity contribution < 1.29 is 113 Å². The molecule has 5 aliphatic rings. The number of aliphatic hydroxyl groups is 1. The molecule has 0 saturated carbocycles. The minimum atomic E-state index is -4.98. The van der Waals surface area contributed by atoms with Gasteiger partial charge in [-0.2, -0.15) is 0 Å². The summed E-state index contributed by atoms with van der Waals surface area (Å²) in [6, 6.07) is 6.48. The van der Waals surface area contributed by atoms with Gasteiger partial charge in [-0.05, 0) is 81.6 Å². The molecule has 24 nitrogen and oxygen atoms in total. The minimum absolute atomic E-state index is 0.0134. The van der Waals surface area contributed by atoms with Crippen LogP contribution in [0.15, 0.2) is 30.3 Å². The van der Waals surface area contributed by atoms with E-state index in [0.717, 1.165) is 4.46 Å². The molecule has 5 aliphatic heterocycles. The van der Waals surface area contributed by atoms with Gasteiger partial charge in [0.25, 0.3) is 7.82 Å². The van der Waals surface area contributed by atoms with Crippen molar-refractivity contribution >= 4 is 87.9 Å². The van der Waals surface area contributed by atoms with Gasteiger partial charge in [-0.1, -0.05) is 0 Å². The zero-order chi connectivity index (χ0) is 63.5. The average molecular weight is 1310 g/mol. The first-order valence-electron chi connectivity index (χ1n) is 28.0. The van der Waals surface area contributed by atoms with Crippen molar-refractivity contribution in [1.82, 2.24) is 0 Å². The molecular weight excluding hydrogens is 1220 g/mol. The number of carbonyl (C=O) groups is 1. The molecule has 5 saturated heterocycles. The Kier molecular flexibility index (Phi) is 33.4. The van der Waals surface area contributed by atoms with Crippen molar-refractivity contribution in [2.45, 2.75) is 248 Å². The van der Waals surface area contributed by atoms with Gasteiger partial charge < -0.3 is 66.3 Å². The molecule has 0 aliphatic carbocycles. The summed E-state index contributed by atoms with van der Waals surface area (Å²) in [4.78, 5) is 58.4. The van der Waals surface area contributed by atoms with E-state index in [-0.39, 0.29) is 110 Å². The van der Waals surface area contributed by atoms with Gasteiger partial charge in [0.15, 0.2) is 11.4 Å². The Balaban J connectivity index is 0.000000337. The van der Waals surface area contributed by atoms with E-state index in [0.29, 0.717) is 19.3 Å². The molecule has 1 N–H and O–H groups in total. The van der Waals surface area contributed by atoms with Crippen LogP contribution in [-0.4, -0.2) is 224 Å². The van der Waals surface area contributed by atoms with Crippen LogP contribution in [0.2, 0.25) is 0 Å². The van der Waals surface area contributed by atoms with Crippen molar-refractivity contribution in [2.75, 3.05) is 33.0 Å². The van der Waals surface area contributed by atoms with Crippen LogP contribution in [0.3, 0.4) is 0 Å². The number of phosphoric ester groups is 3. The normalized spacial score (nSPS) is 33.0. The molecule has 1 aromatic carbocycles. The summed E-state index contributed by atoms with van der Waals surface area (Å²) in [5.41, 5.74) is -1.64.